The van der Waals surface area contributed by atoms with Gasteiger partial charge in [0.1, 0.15) is 18.8 Å². The van der Waals surface area contributed by atoms with E-state index in [1.165, 1.54) is 0 Å². The highest BCUT2D eigenvalue weighted by atomic mass is 16.5. The average Bonchev–Trinajstić information content (AvgIpc) is 3.28. The smallest absolute Gasteiger partial charge is 0.162 e. The molecule has 0 bridgehead atoms. The third-order valence-corrected chi connectivity index (χ3v) is 5.88. The zero-order valence-electron chi connectivity index (χ0n) is 18.3. The van der Waals surface area contributed by atoms with Crippen molar-refractivity contribution in [3.05, 3.63) is 42.9 Å². The van der Waals surface area contributed by atoms with Crippen molar-refractivity contribution in [1.29, 1.82) is 0 Å². The van der Waals surface area contributed by atoms with Crippen molar-refractivity contribution < 1.29 is 9.47 Å². The number of ether oxygens (including phenoxy) is 2. The van der Waals surface area contributed by atoms with E-state index in [9.17, 15) is 0 Å². The molecule has 3 heterocycles. The zero-order valence-corrected chi connectivity index (χ0v) is 18.3. The van der Waals surface area contributed by atoms with Crippen LogP contribution in [-0.4, -0.2) is 83.5 Å². The molecular weight excluding hydrogens is 406 g/mol. The quantitative estimate of drug-likeness (QED) is 0.460. The number of piperazine rings is 1. The van der Waals surface area contributed by atoms with Gasteiger partial charge in [0, 0.05) is 55.2 Å². The number of benzene rings is 2. The summed E-state index contributed by atoms with van der Waals surface area (Å²) < 4.78 is 11.7. The van der Waals surface area contributed by atoms with Gasteiger partial charge in [0.15, 0.2) is 11.5 Å². The van der Waals surface area contributed by atoms with E-state index in [2.05, 4.69) is 42.3 Å². The maximum Gasteiger partial charge on any atom is 0.162 e. The number of hydrogen-bond donors (Lipinski definition) is 2. The minimum Gasteiger partial charge on any atom is -0.493 e. The average molecular weight is 434 g/mol. The summed E-state index contributed by atoms with van der Waals surface area (Å²) in [5.41, 5.74) is 2.70. The number of methoxy groups -OCH3 is 1. The molecule has 1 aliphatic heterocycles. The molecule has 1 saturated heterocycles. The fraction of sp³-hybridized carbons (Fsp3) is 0.348. The van der Waals surface area contributed by atoms with E-state index >= 15 is 0 Å². The van der Waals surface area contributed by atoms with Crippen LogP contribution in [0.15, 0.2) is 42.9 Å². The SMILES string of the molecule is COc1cc2ncnc(Nc3ccc4[nH]ncc4c3)c2cc1OCCN1CCN(C)CC1. The highest BCUT2D eigenvalue weighted by Gasteiger charge is 2.15. The summed E-state index contributed by atoms with van der Waals surface area (Å²) in [7, 11) is 3.81. The molecular formula is C23H27N7O2. The highest BCUT2D eigenvalue weighted by Crippen LogP contribution is 2.35. The molecule has 5 rings (SSSR count). The van der Waals surface area contributed by atoms with E-state index in [-0.39, 0.29) is 0 Å². The normalized spacial score (nSPS) is 15.3. The largest absolute Gasteiger partial charge is 0.493 e. The van der Waals surface area contributed by atoms with Crippen molar-refractivity contribution in [2.45, 2.75) is 0 Å². The molecule has 4 aromatic rings. The Hall–Kier alpha value is -3.43. The predicted octanol–water partition coefficient (Wildman–Crippen LogP) is 2.88. The van der Waals surface area contributed by atoms with Crippen molar-refractivity contribution in [3.8, 4) is 11.5 Å². The van der Waals surface area contributed by atoms with Gasteiger partial charge in [-0.25, -0.2) is 9.97 Å². The van der Waals surface area contributed by atoms with Crippen molar-refractivity contribution >= 4 is 33.3 Å². The number of nitrogens with zero attached hydrogens (tertiary/aromatic N) is 5. The standard InChI is InChI=1S/C23H27N7O2/c1-29-5-7-30(8-6-29)9-10-32-22-12-18-20(13-21(22)31-2)24-15-25-23(18)27-17-3-4-19-16(11-17)14-26-28-19/h3-4,11-15H,5-10H2,1-2H3,(H,26,28)(H,24,25,27). The maximum atomic E-state index is 6.14. The van der Waals surface area contributed by atoms with Crippen molar-refractivity contribution in [3.63, 3.8) is 0 Å². The van der Waals surface area contributed by atoms with Crippen LogP contribution in [0.2, 0.25) is 0 Å². The molecule has 0 unspecified atom stereocenters. The molecule has 0 atom stereocenters. The van der Waals surface area contributed by atoms with Crippen LogP contribution >= 0.6 is 0 Å². The lowest BCUT2D eigenvalue weighted by atomic mass is 10.2. The lowest BCUT2D eigenvalue weighted by Gasteiger charge is -2.32. The number of nitrogens with one attached hydrogen (secondary N) is 2. The second-order valence-corrected chi connectivity index (χ2v) is 8.03. The number of anilines is 2. The first-order valence-corrected chi connectivity index (χ1v) is 10.8. The minimum absolute atomic E-state index is 0.596. The van der Waals surface area contributed by atoms with Crippen LogP contribution in [0, 0.1) is 0 Å². The first-order valence-electron chi connectivity index (χ1n) is 10.8. The molecule has 9 nitrogen and oxygen atoms in total. The van der Waals surface area contributed by atoms with Gasteiger partial charge in [-0.2, -0.15) is 5.10 Å². The van der Waals surface area contributed by atoms with Crippen LogP contribution in [0.3, 0.4) is 0 Å². The van der Waals surface area contributed by atoms with Crippen LogP contribution in [0.4, 0.5) is 11.5 Å². The Labute approximate surface area is 186 Å². The molecule has 1 aliphatic rings. The number of fused-ring (bicyclic) bond motifs is 2. The van der Waals surface area contributed by atoms with Crippen LogP contribution in [-0.2, 0) is 0 Å². The minimum atomic E-state index is 0.596. The fourth-order valence-corrected chi connectivity index (χ4v) is 3.95. The van der Waals surface area contributed by atoms with E-state index in [4.69, 9.17) is 9.47 Å². The Kier molecular flexibility index (Phi) is 5.74. The van der Waals surface area contributed by atoms with Crippen LogP contribution in [0.5, 0.6) is 11.5 Å². The number of rotatable bonds is 7. The molecule has 166 valence electrons. The van der Waals surface area contributed by atoms with Crippen LogP contribution in [0.25, 0.3) is 21.8 Å². The van der Waals surface area contributed by atoms with E-state index in [0.717, 1.165) is 60.2 Å². The number of aromatic nitrogens is 4. The lowest BCUT2D eigenvalue weighted by molar-refractivity contribution is 0.133. The highest BCUT2D eigenvalue weighted by molar-refractivity contribution is 5.94. The Morgan fingerprint density at radius 3 is 2.78 bits per heavy atom. The predicted molar refractivity (Wildman–Crippen MR) is 125 cm³/mol. The number of hydrogen-bond acceptors (Lipinski definition) is 8. The molecule has 2 N–H and O–H groups in total. The molecule has 32 heavy (non-hydrogen) atoms. The molecule has 2 aromatic heterocycles. The molecule has 0 amide bonds. The molecule has 0 radical (unpaired) electrons. The third kappa shape index (κ3) is 4.30. The molecule has 9 heteroatoms. The van der Waals surface area contributed by atoms with Gasteiger partial charge < -0.3 is 19.7 Å². The lowest BCUT2D eigenvalue weighted by Crippen LogP contribution is -2.45. The summed E-state index contributed by atoms with van der Waals surface area (Å²) in [6.45, 7) is 5.80. The fourth-order valence-electron chi connectivity index (χ4n) is 3.95. The molecule has 1 fully saturated rings. The molecule has 2 aromatic carbocycles. The van der Waals surface area contributed by atoms with E-state index in [1.54, 1.807) is 19.6 Å². The second kappa shape index (κ2) is 8.97. The van der Waals surface area contributed by atoms with E-state index in [0.29, 0.717) is 23.9 Å². The van der Waals surface area contributed by atoms with Crippen LogP contribution < -0.4 is 14.8 Å². The zero-order chi connectivity index (χ0) is 21.9. The molecule has 0 spiro atoms. The number of likely N-dealkylation sites (N-methyl/N-ethyl adjacent to an activating group) is 1. The second-order valence-electron chi connectivity index (χ2n) is 8.03. The first kappa shape index (κ1) is 20.5. The van der Waals surface area contributed by atoms with E-state index < -0.39 is 0 Å². The van der Waals surface area contributed by atoms with Crippen molar-refractivity contribution in [1.82, 2.24) is 30.0 Å². The van der Waals surface area contributed by atoms with Gasteiger partial charge in [-0.3, -0.25) is 10.00 Å². The molecule has 0 saturated carbocycles. The van der Waals surface area contributed by atoms with Gasteiger partial charge in [-0.15, -0.1) is 0 Å². The Morgan fingerprint density at radius 1 is 1.06 bits per heavy atom. The van der Waals surface area contributed by atoms with Gasteiger partial charge in [0.05, 0.1) is 24.3 Å². The summed E-state index contributed by atoms with van der Waals surface area (Å²) in [4.78, 5) is 13.7. The summed E-state index contributed by atoms with van der Waals surface area (Å²) in [6, 6.07) is 9.86. The van der Waals surface area contributed by atoms with Gasteiger partial charge in [-0.05, 0) is 31.3 Å². The molecule has 0 aliphatic carbocycles. The summed E-state index contributed by atoms with van der Waals surface area (Å²) in [5, 5.41) is 12.4. The van der Waals surface area contributed by atoms with Gasteiger partial charge in [0.2, 0.25) is 0 Å². The maximum absolute atomic E-state index is 6.14. The summed E-state index contributed by atoms with van der Waals surface area (Å²) >= 11 is 0. The third-order valence-electron chi connectivity index (χ3n) is 5.88. The first-order chi connectivity index (χ1) is 15.7. The van der Waals surface area contributed by atoms with Crippen molar-refractivity contribution in [2.24, 2.45) is 0 Å². The number of aromatic amines is 1. The van der Waals surface area contributed by atoms with Crippen LogP contribution in [0.1, 0.15) is 0 Å². The number of H-pyrrole nitrogens is 1. The van der Waals surface area contributed by atoms with Gasteiger partial charge in [0.25, 0.3) is 0 Å². The van der Waals surface area contributed by atoms with Gasteiger partial charge in [-0.1, -0.05) is 0 Å². The summed E-state index contributed by atoms with van der Waals surface area (Å²) in [6.07, 6.45) is 3.35. The van der Waals surface area contributed by atoms with Crippen molar-refractivity contribution in [2.75, 3.05) is 58.8 Å². The topological polar surface area (TPSA) is 91.4 Å². The van der Waals surface area contributed by atoms with E-state index in [1.807, 2.05) is 30.3 Å². The Bertz CT molecular complexity index is 1220. The summed E-state index contributed by atoms with van der Waals surface area (Å²) in [5.74, 6) is 2.07. The monoisotopic (exact) mass is 433 g/mol. The Morgan fingerprint density at radius 2 is 1.94 bits per heavy atom. The van der Waals surface area contributed by atoms with Gasteiger partial charge >= 0.3 is 0 Å². The Balaban J connectivity index is 1.37.